The van der Waals surface area contributed by atoms with Gasteiger partial charge >= 0.3 is 0 Å². The van der Waals surface area contributed by atoms with Crippen molar-refractivity contribution < 1.29 is 24.5 Å². The summed E-state index contributed by atoms with van der Waals surface area (Å²) in [7, 11) is 0. The number of nitrogens with zero attached hydrogens (tertiary/aromatic N) is 2. The molecule has 0 saturated heterocycles. The lowest BCUT2D eigenvalue weighted by Crippen LogP contribution is -2.16. The molecule has 0 amide bonds. The Balaban J connectivity index is 1.85. The maximum absolute atomic E-state index is 13.0. The van der Waals surface area contributed by atoms with E-state index in [2.05, 4.69) is 13.8 Å². The van der Waals surface area contributed by atoms with Crippen molar-refractivity contribution in [2.75, 3.05) is 0 Å². The van der Waals surface area contributed by atoms with Crippen LogP contribution < -0.4 is 15.6 Å². The van der Waals surface area contributed by atoms with Crippen LogP contribution in [0.4, 0.5) is 0 Å². The number of allylic oxidation sites excluding steroid dienone is 2. The minimum Gasteiger partial charge on any atom is -0.502 e. The summed E-state index contributed by atoms with van der Waals surface area (Å²) >= 11 is 0. The van der Waals surface area contributed by atoms with Crippen LogP contribution in [0.1, 0.15) is 227 Å². The van der Waals surface area contributed by atoms with E-state index in [1.807, 2.05) is 12.2 Å². The normalized spacial score (nSPS) is 11.6. The predicted molar refractivity (Wildman–Crippen MR) is 236 cm³/mol. The van der Waals surface area contributed by atoms with E-state index in [0.717, 1.165) is 38.5 Å². The summed E-state index contributed by atoms with van der Waals surface area (Å²) < 4.78 is 8.24. The molecule has 9 nitrogen and oxygen atoms in total. The summed E-state index contributed by atoms with van der Waals surface area (Å²) in [4.78, 5) is 49.6. The predicted octanol–water partition coefficient (Wildman–Crippen LogP) is 13.5. The van der Waals surface area contributed by atoms with E-state index in [9.17, 15) is 29.4 Å². The molecule has 9 heteroatoms. The van der Waals surface area contributed by atoms with Gasteiger partial charge < -0.3 is 24.1 Å². The van der Waals surface area contributed by atoms with Crippen molar-refractivity contribution in [3.8, 4) is 23.0 Å². The smallest absolute Gasteiger partial charge is 0.266 e. The zero-order valence-corrected chi connectivity index (χ0v) is 35.7. The fourth-order valence-electron chi connectivity index (χ4n) is 7.25. The highest BCUT2D eigenvalue weighted by atomic mass is 16.5. The molecule has 0 unspecified atom stereocenters. The second kappa shape index (κ2) is 32.1. The van der Waals surface area contributed by atoms with E-state index < -0.39 is 33.9 Å². The molecule has 2 rings (SSSR count). The first-order chi connectivity index (χ1) is 27.9. The lowest BCUT2D eigenvalue weighted by molar-refractivity contribution is 0.110. The highest BCUT2D eigenvalue weighted by molar-refractivity contribution is 5.79. The van der Waals surface area contributed by atoms with E-state index >= 15 is 0 Å². The average Bonchev–Trinajstić information content (AvgIpc) is 3.21. The van der Waals surface area contributed by atoms with E-state index in [1.165, 1.54) is 176 Å². The van der Waals surface area contributed by atoms with E-state index in [0.29, 0.717) is 12.6 Å². The first kappa shape index (κ1) is 49.3. The molecule has 2 N–H and O–H groups in total. The number of unbranched alkanes of at least 4 members (excludes halogenated alkanes) is 28. The summed E-state index contributed by atoms with van der Waals surface area (Å²) in [6.45, 7) is 4.50. The molecule has 2 aromatic rings. The fourth-order valence-corrected chi connectivity index (χ4v) is 7.25. The maximum Gasteiger partial charge on any atom is 0.266 e. The van der Waals surface area contributed by atoms with Gasteiger partial charge in [0.15, 0.2) is 35.6 Å². The molecule has 2 aromatic heterocycles. The van der Waals surface area contributed by atoms with Gasteiger partial charge in [0, 0.05) is 12.4 Å². The Labute approximate surface area is 343 Å². The molecule has 0 spiro atoms. The number of aromatic nitrogens is 2. The van der Waals surface area contributed by atoms with Gasteiger partial charge in [0.2, 0.25) is 0 Å². The molecule has 0 aliphatic rings. The van der Waals surface area contributed by atoms with Gasteiger partial charge in [-0.25, -0.2) is 0 Å². The topological polar surface area (TPSA) is 128 Å². The van der Waals surface area contributed by atoms with E-state index in [4.69, 9.17) is 4.74 Å². The lowest BCUT2D eigenvalue weighted by atomic mass is 10.0. The number of carbonyl (C=O) groups excluding carboxylic acids is 2. The summed E-state index contributed by atoms with van der Waals surface area (Å²) in [6.07, 6.45) is 47.3. The summed E-state index contributed by atoms with van der Waals surface area (Å²) in [5.74, 6) is -2.45. The van der Waals surface area contributed by atoms with Crippen LogP contribution in [0.2, 0.25) is 0 Å². The number of aldehydes is 2. The third-order valence-electron chi connectivity index (χ3n) is 10.9. The minimum atomic E-state index is -0.980. The van der Waals surface area contributed by atoms with Gasteiger partial charge in [-0.05, 0) is 25.7 Å². The summed E-state index contributed by atoms with van der Waals surface area (Å²) in [5, 5.41) is 21.1. The Morgan fingerprint density at radius 2 is 0.719 bits per heavy atom. The Bertz CT molecular complexity index is 1460. The van der Waals surface area contributed by atoms with Crippen molar-refractivity contribution in [1.82, 2.24) is 9.13 Å². The fraction of sp³-hybridized carbons (Fsp3) is 0.667. The number of carbonyl (C=O) groups is 2. The zero-order chi connectivity index (χ0) is 41.4. The molecule has 0 atom stereocenters. The van der Waals surface area contributed by atoms with Crippen LogP contribution in [0.25, 0.3) is 12.4 Å². The van der Waals surface area contributed by atoms with Crippen LogP contribution in [-0.4, -0.2) is 31.9 Å². The molecular formula is C48H76N2O7. The molecule has 0 aromatic carbocycles. The highest BCUT2D eigenvalue weighted by Crippen LogP contribution is 2.24. The molecule has 0 radical (unpaired) electrons. The SMILES string of the molecule is CCCCCCCCCCCCCCCCC=Cn1cc(Oc2cn(C=CCCCCCCCCCCCCCCCC)c(C=O)c(O)c2=O)c(=O)c(O)c1C=O. The van der Waals surface area contributed by atoms with Crippen LogP contribution >= 0.6 is 0 Å². The number of aromatic hydroxyl groups is 2. The third kappa shape index (κ3) is 20.4. The monoisotopic (exact) mass is 793 g/mol. The van der Waals surface area contributed by atoms with Gasteiger partial charge in [-0.1, -0.05) is 193 Å². The van der Waals surface area contributed by atoms with E-state index in [-0.39, 0.29) is 11.4 Å². The second-order valence-corrected chi connectivity index (χ2v) is 15.8. The van der Waals surface area contributed by atoms with Crippen molar-refractivity contribution >= 4 is 25.0 Å². The van der Waals surface area contributed by atoms with Crippen LogP contribution in [0, 0.1) is 0 Å². The van der Waals surface area contributed by atoms with Gasteiger partial charge in [-0.15, -0.1) is 0 Å². The number of hydrogen-bond donors (Lipinski definition) is 2. The van der Waals surface area contributed by atoms with Crippen molar-refractivity contribution in [1.29, 1.82) is 0 Å². The molecule has 2 heterocycles. The Morgan fingerprint density at radius 3 is 0.982 bits per heavy atom. The standard InChI is InChI=1S/C48H76N2O7/c1-3-5-7-9-11-13-15-17-19-21-23-25-27-29-31-33-35-49-37-43(47(55)45(53)41(49)39-51)57-44-38-50(42(40-52)46(54)48(44)56)36-34-32-30-28-26-24-22-20-18-16-14-12-10-8-6-4-2/h33-40,53-54H,3-32H2,1-2H3. The molecule has 0 aliphatic heterocycles. The first-order valence-corrected chi connectivity index (χ1v) is 22.8. The molecule has 0 saturated carbocycles. The molecule has 0 fully saturated rings. The highest BCUT2D eigenvalue weighted by Gasteiger charge is 2.20. The molecule has 0 aliphatic carbocycles. The van der Waals surface area contributed by atoms with Crippen molar-refractivity contribution in [3.05, 3.63) is 56.4 Å². The van der Waals surface area contributed by atoms with Crippen LogP contribution in [0.3, 0.4) is 0 Å². The number of pyridine rings is 2. The average molecular weight is 793 g/mol. The lowest BCUT2D eigenvalue weighted by Gasteiger charge is -2.13. The molecular weight excluding hydrogens is 717 g/mol. The van der Waals surface area contributed by atoms with Crippen LogP contribution in [-0.2, 0) is 0 Å². The molecule has 320 valence electrons. The summed E-state index contributed by atoms with van der Waals surface area (Å²) in [6, 6.07) is 0. The maximum atomic E-state index is 13.0. The van der Waals surface area contributed by atoms with Crippen molar-refractivity contribution in [2.45, 2.75) is 206 Å². The first-order valence-electron chi connectivity index (χ1n) is 22.8. The quantitative estimate of drug-likeness (QED) is 0.0519. The van der Waals surface area contributed by atoms with Crippen LogP contribution in [0.15, 0.2) is 34.1 Å². The second-order valence-electron chi connectivity index (χ2n) is 15.8. The van der Waals surface area contributed by atoms with Gasteiger partial charge in [0.25, 0.3) is 10.9 Å². The number of rotatable bonds is 36. The van der Waals surface area contributed by atoms with Gasteiger partial charge in [0.05, 0.1) is 12.4 Å². The number of hydrogen-bond acceptors (Lipinski definition) is 7. The Hall–Kier alpha value is -3.88. The third-order valence-corrected chi connectivity index (χ3v) is 10.9. The van der Waals surface area contributed by atoms with Crippen molar-refractivity contribution in [3.63, 3.8) is 0 Å². The van der Waals surface area contributed by atoms with Crippen LogP contribution in [0.5, 0.6) is 23.0 Å². The van der Waals surface area contributed by atoms with Gasteiger partial charge in [-0.2, -0.15) is 0 Å². The Morgan fingerprint density at radius 1 is 0.456 bits per heavy atom. The van der Waals surface area contributed by atoms with Gasteiger partial charge in [-0.3, -0.25) is 19.2 Å². The summed E-state index contributed by atoms with van der Waals surface area (Å²) in [5.41, 5.74) is -2.45. The minimum absolute atomic E-state index is 0.243. The molecule has 0 bridgehead atoms. The van der Waals surface area contributed by atoms with Gasteiger partial charge in [0.1, 0.15) is 11.4 Å². The van der Waals surface area contributed by atoms with Crippen molar-refractivity contribution in [2.24, 2.45) is 0 Å². The largest absolute Gasteiger partial charge is 0.502 e. The Kier molecular flexibility index (Phi) is 27.8. The van der Waals surface area contributed by atoms with E-state index in [1.54, 1.807) is 12.4 Å². The zero-order valence-electron chi connectivity index (χ0n) is 35.7. The number of ether oxygens (including phenoxy) is 1. The molecule has 57 heavy (non-hydrogen) atoms.